The molecule has 0 saturated heterocycles. The summed E-state index contributed by atoms with van der Waals surface area (Å²) in [5.74, 6) is -5.14. The summed E-state index contributed by atoms with van der Waals surface area (Å²) >= 11 is 18.9. The second-order valence-electron chi connectivity index (χ2n) is 4.24. The molecule has 0 aromatic heterocycles. The highest BCUT2D eigenvalue weighted by Gasteiger charge is 2.26. The van der Waals surface area contributed by atoms with Gasteiger partial charge < -0.3 is 40.9 Å². The second kappa shape index (κ2) is 29.1. The molecular formula is C13H24Cl4O12. The first-order valence-electron chi connectivity index (χ1n) is 6.87. The van der Waals surface area contributed by atoms with Crippen LogP contribution in [0, 0.1) is 5.41 Å². The lowest BCUT2D eigenvalue weighted by Gasteiger charge is -2.23. The molecule has 0 rings (SSSR count). The van der Waals surface area contributed by atoms with Gasteiger partial charge in [0.15, 0.2) is 0 Å². The SMILES string of the molecule is O=C(O)CCl.O=C(O)CCl.O=C(O)CCl.O=C(O)CCl.OCC(CO)(CO)CO. The van der Waals surface area contributed by atoms with E-state index in [1.54, 1.807) is 0 Å². The molecule has 0 aliphatic carbocycles. The van der Waals surface area contributed by atoms with E-state index in [0.29, 0.717) is 0 Å². The number of aliphatic carboxylic acids is 4. The Balaban J connectivity index is -0.0000000853. The zero-order valence-electron chi connectivity index (χ0n) is 14.9. The molecule has 12 nitrogen and oxygen atoms in total. The summed E-state index contributed by atoms with van der Waals surface area (Å²) in [7, 11) is 0. The molecule has 8 N–H and O–H groups in total. The number of aliphatic hydroxyl groups is 4. The average Bonchev–Trinajstić information content (AvgIpc) is 2.71. The number of halogens is 4. The maximum absolute atomic E-state index is 9.24. The van der Waals surface area contributed by atoms with Crippen LogP contribution in [0.4, 0.5) is 0 Å². The van der Waals surface area contributed by atoms with Crippen LogP contribution in [0.15, 0.2) is 0 Å². The van der Waals surface area contributed by atoms with Crippen LogP contribution in [0.5, 0.6) is 0 Å². The highest BCUT2D eigenvalue weighted by atomic mass is 35.5. The maximum Gasteiger partial charge on any atom is 0.318 e. The fraction of sp³-hybridized carbons (Fsp3) is 0.692. The van der Waals surface area contributed by atoms with E-state index in [4.69, 9.17) is 87.3 Å². The number of hydrogen-bond donors (Lipinski definition) is 8. The van der Waals surface area contributed by atoms with E-state index >= 15 is 0 Å². The summed E-state index contributed by atoms with van der Waals surface area (Å²) in [5, 5.41) is 64.3. The number of carboxylic acids is 4. The lowest BCUT2D eigenvalue weighted by atomic mass is 9.93. The normalized spacial score (nSPS) is 8.83. The molecular weight excluding hydrogens is 490 g/mol. The van der Waals surface area contributed by atoms with Crippen LogP contribution >= 0.6 is 46.4 Å². The van der Waals surface area contributed by atoms with Crippen LogP contribution in [-0.4, -0.2) is 115 Å². The minimum absolute atomic E-state index is 0.306. The summed E-state index contributed by atoms with van der Waals surface area (Å²) in [5.41, 5.74) is -1.11. The van der Waals surface area contributed by atoms with Gasteiger partial charge in [0, 0.05) is 0 Å². The Morgan fingerprint density at radius 3 is 0.586 bits per heavy atom. The molecule has 29 heavy (non-hydrogen) atoms. The molecule has 0 aliphatic heterocycles. The van der Waals surface area contributed by atoms with E-state index in [0.717, 1.165) is 0 Å². The summed E-state index contributed by atoms with van der Waals surface area (Å²) in [6.45, 7) is -1.62. The fourth-order valence-corrected chi connectivity index (χ4v) is 0.300. The lowest BCUT2D eigenvalue weighted by molar-refractivity contribution is -0.135. The summed E-state index contributed by atoms with van der Waals surface area (Å²) in [6.07, 6.45) is 0. The van der Waals surface area contributed by atoms with Crippen molar-refractivity contribution in [2.75, 3.05) is 49.9 Å². The molecule has 0 heterocycles. The van der Waals surface area contributed by atoms with E-state index in [-0.39, 0.29) is 23.5 Å². The van der Waals surface area contributed by atoms with Gasteiger partial charge in [-0.1, -0.05) is 0 Å². The quantitative estimate of drug-likeness (QED) is 0.186. The molecule has 0 aliphatic rings. The van der Waals surface area contributed by atoms with Gasteiger partial charge in [-0.3, -0.25) is 19.2 Å². The Bertz CT molecular complexity index is 345. The molecule has 0 bridgehead atoms. The molecule has 0 aromatic rings. The molecule has 0 fully saturated rings. The van der Waals surface area contributed by atoms with Gasteiger partial charge in [0.1, 0.15) is 23.5 Å². The Kier molecular flexibility index (Phi) is 38.6. The van der Waals surface area contributed by atoms with E-state index in [1.165, 1.54) is 0 Å². The van der Waals surface area contributed by atoms with Crippen molar-refractivity contribution in [1.82, 2.24) is 0 Å². The number of rotatable bonds is 8. The van der Waals surface area contributed by atoms with Crippen molar-refractivity contribution in [2.45, 2.75) is 0 Å². The van der Waals surface area contributed by atoms with Gasteiger partial charge in [-0.2, -0.15) is 0 Å². The van der Waals surface area contributed by atoms with Gasteiger partial charge >= 0.3 is 23.9 Å². The largest absolute Gasteiger partial charge is 0.480 e. The highest BCUT2D eigenvalue weighted by molar-refractivity contribution is 6.26. The number of hydrogen-bond acceptors (Lipinski definition) is 8. The summed E-state index contributed by atoms with van der Waals surface area (Å²) < 4.78 is 0. The van der Waals surface area contributed by atoms with E-state index in [1.807, 2.05) is 0 Å². The Hall–Kier alpha value is -1.12. The molecule has 0 radical (unpaired) electrons. The van der Waals surface area contributed by atoms with Gasteiger partial charge in [-0.15, -0.1) is 46.4 Å². The summed E-state index contributed by atoms with van der Waals surface area (Å²) in [6, 6.07) is 0. The number of alkyl halides is 4. The third-order valence-corrected chi connectivity index (χ3v) is 2.71. The third-order valence-electron chi connectivity index (χ3n) is 1.80. The second-order valence-corrected chi connectivity index (χ2v) is 5.31. The lowest BCUT2D eigenvalue weighted by Crippen LogP contribution is -2.37. The Morgan fingerprint density at radius 1 is 0.483 bits per heavy atom. The van der Waals surface area contributed by atoms with Crippen molar-refractivity contribution >= 4 is 70.3 Å². The maximum atomic E-state index is 9.24. The van der Waals surface area contributed by atoms with Crippen LogP contribution in [0.1, 0.15) is 0 Å². The summed E-state index contributed by atoms with van der Waals surface area (Å²) in [4.78, 5) is 36.9. The first-order chi connectivity index (χ1) is 13.3. The Morgan fingerprint density at radius 2 is 0.586 bits per heavy atom. The topological polar surface area (TPSA) is 230 Å². The predicted molar refractivity (Wildman–Crippen MR) is 104 cm³/mol. The van der Waals surface area contributed by atoms with Gasteiger partial charge in [-0.05, 0) is 0 Å². The standard InChI is InChI=1S/C5H12O4.4C2H3ClO2/c6-1-5(2-7,3-8)4-9;4*3-1-2(4)5/h6-9H,1-4H2;4*1H2,(H,4,5). The van der Waals surface area contributed by atoms with E-state index in [2.05, 4.69) is 0 Å². The van der Waals surface area contributed by atoms with Crippen molar-refractivity contribution < 1.29 is 60.0 Å². The minimum Gasteiger partial charge on any atom is -0.480 e. The first kappa shape index (κ1) is 38.5. The van der Waals surface area contributed by atoms with Gasteiger partial charge in [0.05, 0.1) is 31.8 Å². The van der Waals surface area contributed by atoms with Crippen molar-refractivity contribution in [2.24, 2.45) is 5.41 Å². The number of carbonyl (C=O) groups is 4. The van der Waals surface area contributed by atoms with Crippen molar-refractivity contribution in [3.05, 3.63) is 0 Å². The Labute approximate surface area is 185 Å². The number of aliphatic hydroxyl groups excluding tert-OH is 4. The third kappa shape index (κ3) is 46.7. The molecule has 16 heteroatoms. The zero-order valence-corrected chi connectivity index (χ0v) is 17.9. The smallest absolute Gasteiger partial charge is 0.318 e. The molecule has 0 aromatic carbocycles. The number of carboxylic acid groups (broad SMARTS) is 4. The average molecular weight is 514 g/mol. The minimum atomic E-state index is -1.11. The van der Waals surface area contributed by atoms with E-state index < -0.39 is 55.7 Å². The van der Waals surface area contributed by atoms with Crippen molar-refractivity contribution in [1.29, 1.82) is 0 Å². The fourth-order valence-electron chi connectivity index (χ4n) is 0.300. The molecule has 0 atom stereocenters. The molecule has 0 saturated carbocycles. The van der Waals surface area contributed by atoms with Gasteiger partial charge in [0.25, 0.3) is 0 Å². The zero-order chi connectivity index (χ0) is 24.5. The van der Waals surface area contributed by atoms with Crippen LogP contribution < -0.4 is 0 Å². The van der Waals surface area contributed by atoms with Crippen LogP contribution in [0.3, 0.4) is 0 Å². The molecule has 176 valence electrons. The molecule has 0 amide bonds. The highest BCUT2D eigenvalue weighted by Crippen LogP contribution is 2.11. The molecule has 0 unspecified atom stereocenters. The van der Waals surface area contributed by atoms with Crippen LogP contribution in [0.25, 0.3) is 0 Å². The van der Waals surface area contributed by atoms with E-state index in [9.17, 15) is 19.2 Å². The monoisotopic (exact) mass is 512 g/mol. The van der Waals surface area contributed by atoms with Crippen molar-refractivity contribution in [3.8, 4) is 0 Å². The van der Waals surface area contributed by atoms with Crippen LogP contribution in [0.2, 0.25) is 0 Å². The van der Waals surface area contributed by atoms with Gasteiger partial charge in [-0.25, -0.2) is 0 Å². The first-order valence-corrected chi connectivity index (χ1v) is 9.01. The van der Waals surface area contributed by atoms with Gasteiger partial charge in [0.2, 0.25) is 0 Å². The van der Waals surface area contributed by atoms with Crippen LogP contribution in [-0.2, 0) is 19.2 Å². The van der Waals surface area contributed by atoms with Crippen molar-refractivity contribution in [3.63, 3.8) is 0 Å². The molecule has 0 spiro atoms. The predicted octanol–water partition coefficient (Wildman–Crippen LogP) is -0.819.